The number of rotatable bonds is 4. The summed E-state index contributed by atoms with van der Waals surface area (Å²) in [5.74, 6) is -0.797. The molecule has 0 amide bonds. The lowest BCUT2D eigenvalue weighted by Crippen LogP contribution is -2.14. The summed E-state index contributed by atoms with van der Waals surface area (Å²) < 4.78 is 0. The maximum absolute atomic E-state index is 11.6. The Morgan fingerprint density at radius 1 is 1.11 bits per heavy atom. The van der Waals surface area contributed by atoms with Gasteiger partial charge in [-0.2, -0.15) is 0 Å². The van der Waals surface area contributed by atoms with Crippen LogP contribution in [0.3, 0.4) is 0 Å². The highest BCUT2D eigenvalue weighted by molar-refractivity contribution is 5.92. The fourth-order valence-corrected chi connectivity index (χ4v) is 2.61. The van der Waals surface area contributed by atoms with Crippen molar-refractivity contribution in [1.29, 1.82) is 0 Å². The van der Waals surface area contributed by atoms with Crippen LogP contribution in [0.2, 0.25) is 0 Å². The molecular weight excluding hydrogens is 236 g/mol. The topological polar surface area (TPSA) is 37.3 Å². The second kappa shape index (κ2) is 5.43. The lowest BCUT2D eigenvalue weighted by molar-refractivity contribution is -0.139. The molecule has 1 unspecified atom stereocenters. The average molecular weight is 256 g/mol. The molecule has 0 fully saturated rings. The van der Waals surface area contributed by atoms with E-state index in [0.29, 0.717) is 12.3 Å². The Morgan fingerprint density at radius 3 is 2.32 bits per heavy atom. The second-order valence-corrected chi connectivity index (χ2v) is 5.54. The zero-order valence-electron chi connectivity index (χ0n) is 11.7. The fourth-order valence-electron chi connectivity index (χ4n) is 2.61. The molecule has 0 aromatic heterocycles. The minimum atomic E-state index is -0.734. The molecule has 2 nitrogen and oxygen atoms in total. The predicted octanol–water partition coefficient (Wildman–Crippen LogP) is 4.36. The van der Waals surface area contributed by atoms with Gasteiger partial charge in [0.25, 0.3) is 0 Å². The molecule has 1 N–H and O–H groups in total. The first-order valence-electron chi connectivity index (χ1n) is 6.71. The molecule has 100 valence electrons. The van der Waals surface area contributed by atoms with Crippen molar-refractivity contribution in [3.8, 4) is 0 Å². The number of fused-ring (bicyclic) bond motifs is 1. The van der Waals surface area contributed by atoms with Crippen LogP contribution in [0.4, 0.5) is 0 Å². The van der Waals surface area contributed by atoms with Crippen LogP contribution in [0.15, 0.2) is 36.4 Å². The van der Waals surface area contributed by atoms with Gasteiger partial charge in [0.1, 0.15) is 0 Å². The first-order chi connectivity index (χ1) is 9.00. The van der Waals surface area contributed by atoms with Crippen molar-refractivity contribution in [2.45, 2.75) is 33.1 Å². The number of hydrogen-bond acceptors (Lipinski definition) is 1. The quantitative estimate of drug-likeness (QED) is 0.882. The molecule has 2 heteroatoms. The van der Waals surface area contributed by atoms with Gasteiger partial charge in [-0.3, -0.25) is 4.79 Å². The Bertz CT molecular complexity index is 599. The molecule has 2 rings (SSSR count). The van der Waals surface area contributed by atoms with Gasteiger partial charge in [-0.25, -0.2) is 0 Å². The summed E-state index contributed by atoms with van der Waals surface area (Å²) in [6.45, 7) is 6.18. The number of carboxylic acid groups (broad SMARTS) is 1. The van der Waals surface area contributed by atoms with E-state index in [2.05, 4.69) is 26.8 Å². The van der Waals surface area contributed by atoms with E-state index in [1.54, 1.807) is 0 Å². The van der Waals surface area contributed by atoms with Crippen LogP contribution < -0.4 is 0 Å². The normalized spacial score (nSPS) is 12.8. The van der Waals surface area contributed by atoms with Gasteiger partial charge in [-0.1, -0.05) is 50.2 Å². The van der Waals surface area contributed by atoms with Crippen LogP contribution in [-0.4, -0.2) is 11.1 Å². The molecule has 1 atom stereocenters. The first-order valence-corrected chi connectivity index (χ1v) is 6.71. The van der Waals surface area contributed by atoms with Gasteiger partial charge in [0.15, 0.2) is 0 Å². The van der Waals surface area contributed by atoms with E-state index in [1.165, 1.54) is 5.56 Å². The lowest BCUT2D eigenvalue weighted by atomic mass is 9.86. The molecule has 0 spiro atoms. The smallest absolute Gasteiger partial charge is 0.311 e. The van der Waals surface area contributed by atoms with Crippen molar-refractivity contribution in [2.24, 2.45) is 5.92 Å². The van der Waals surface area contributed by atoms with Gasteiger partial charge in [0.05, 0.1) is 5.92 Å². The number of aryl methyl sites for hydroxylation is 1. The zero-order chi connectivity index (χ0) is 14.0. The van der Waals surface area contributed by atoms with Gasteiger partial charge >= 0.3 is 5.97 Å². The van der Waals surface area contributed by atoms with E-state index >= 15 is 0 Å². The number of hydrogen-bond donors (Lipinski definition) is 1. The van der Waals surface area contributed by atoms with E-state index in [0.717, 1.165) is 16.3 Å². The largest absolute Gasteiger partial charge is 0.481 e. The van der Waals surface area contributed by atoms with E-state index in [4.69, 9.17) is 0 Å². The summed E-state index contributed by atoms with van der Waals surface area (Å²) in [7, 11) is 0. The minimum absolute atomic E-state index is 0.362. The van der Waals surface area contributed by atoms with Gasteiger partial charge in [0, 0.05) is 0 Å². The molecule has 19 heavy (non-hydrogen) atoms. The summed E-state index contributed by atoms with van der Waals surface area (Å²) in [6.07, 6.45) is 0.669. The number of aliphatic carboxylic acids is 1. The molecule has 2 aromatic rings. The van der Waals surface area contributed by atoms with E-state index in [9.17, 15) is 9.90 Å². The maximum Gasteiger partial charge on any atom is 0.311 e. The molecule has 0 aliphatic heterocycles. The Morgan fingerprint density at radius 2 is 1.74 bits per heavy atom. The van der Waals surface area contributed by atoms with Crippen molar-refractivity contribution < 1.29 is 9.90 Å². The van der Waals surface area contributed by atoms with Gasteiger partial charge < -0.3 is 5.11 Å². The van der Waals surface area contributed by atoms with E-state index < -0.39 is 11.9 Å². The predicted molar refractivity (Wildman–Crippen MR) is 78.5 cm³/mol. The van der Waals surface area contributed by atoms with Crippen molar-refractivity contribution in [3.63, 3.8) is 0 Å². The standard InChI is InChI=1S/C17H20O2/c1-11(2)10-16(17(18)19)15-9-8-12(3)13-6-4-5-7-14(13)15/h4-9,11,16H,10H2,1-3H3,(H,18,19). The molecule has 0 aliphatic carbocycles. The van der Waals surface area contributed by atoms with Crippen LogP contribution in [0, 0.1) is 12.8 Å². The fraction of sp³-hybridized carbons (Fsp3) is 0.353. The Balaban J connectivity index is 2.60. The summed E-state index contributed by atoms with van der Waals surface area (Å²) >= 11 is 0. The average Bonchev–Trinajstić information content (AvgIpc) is 2.37. The third-order valence-corrected chi connectivity index (χ3v) is 3.56. The van der Waals surface area contributed by atoms with Gasteiger partial charge in [0.2, 0.25) is 0 Å². The Kier molecular flexibility index (Phi) is 3.89. The van der Waals surface area contributed by atoms with E-state index in [1.807, 2.05) is 30.3 Å². The van der Waals surface area contributed by atoms with Gasteiger partial charge in [-0.15, -0.1) is 0 Å². The van der Waals surface area contributed by atoms with Crippen molar-refractivity contribution in [1.82, 2.24) is 0 Å². The highest BCUT2D eigenvalue weighted by Crippen LogP contribution is 2.31. The number of carboxylic acids is 1. The first kappa shape index (κ1) is 13.6. The van der Waals surface area contributed by atoms with Gasteiger partial charge in [-0.05, 0) is 41.2 Å². The van der Waals surface area contributed by atoms with Crippen molar-refractivity contribution >= 4 is 16.7 Å². The summed E-state index contributed by atoms with van der Waals surface area (Å²) in [6, 6.07) is 12.0. The molecule has 0 bridgehead atoms. The van der Waals surface area contributed by atoms with Crippen molar-refractivity contribution in [3.05, 3.63) is 47.5 Å². The maximum atomic E-state index is 11.6. The second-order valence-electron chi connectivity index (χ2n) is 5.54. The lowest BCUT2D eigenvalue weighted by Gasteiger charge is -2.18. The summed E-state index contributed by atoms with van der Waals surface area (Å²) in [5, 5.41) is 11.7. The third kappa shape index (κ3) is 2.78. The van der Waals surface area contributed by atoms with Crippen LogP contribution in [0.1, 0.15) is 37.3 Å². The van der Waals surface area contributed by atoms with Crippen molar-refractivity contribution in [2.75, 3.05) is 0 Å². The van der Waals surface area contributed by atoms with Crippen LogP contribution in [-0.2, 0) is 4.79 Å². The molecule has 0 heterocycles. The summed E-state index contributed by atoms with van der Waals surface area (Å²) in [5.41, 5.74) is 2.12. The Labute approximate surface area is 114 Å². The SMILES string of the molecule is Cc1ccc(C(CC(C)C)C(=O)O)c2ccccc12. The molecule has 0 radical (unpaired) electrons. The third-order valence-electron chi connectivity index (χ3n) is 3.56. The molecule has 0 saturated heterocycles. The van der Waals surface area contributed by atoms with Crippen LogP contribution in [0.5, 0.6) is 0 Å². The van der Waals surface area contributed by atoms with Crippen LogP contribution >= 0.6 is 0 Å². The molecular formula is C17H20O2. The summed E-state index contributed by atoms with van der Waals surface area (Å²) in [4.78, 5) is 11.6. The van der Waals surface area contributed by atoms with Crippen LogP contribution in [0.25, 0.3) is 10.8 Å². The highest BCUT2D eigenvalue weighted by Gasteiger charge is 2.23. The van der Waals surface area contributed by atoms with E-state index in [-0.39, 0.29) is 0 Å². The minimum Gasteiger partial charge on any atom is -0.481 e. The zero-order valence-corrected chi connectivity index (χ0v) is 11.7. The molecule has 2 aromatic carbocycles. The molecule has 0 aliphatic rings. The number of benzene rings is 2. The Hall–Kier alpha value is -1.83. The monoisotopic (exact) mass is 256 g/mol. The number of carbonyl (C=O) groups is 1. The molecule has 0 saturated carbocycles. The highest BCUT2D eigenvalue weighted by atomic mass is 16.4.